The molecule has 4 heteroatoms. The summed E-state index contributed by atoms with van der Waals surface area (Å²) in [4.78, 5) is 1.25. The van der Waals surface area contributed by atoms with E-state index < -0.39 is 0 Å². The standard InChI is InChI=1S/C13H16N2OS/c1-10-4-2-5-11(8-10)17-9-12(15-14)13-6-3-7-16-13/h2-8,12,15H,9,14H2,1H3. The van der Waals surface area contributed by atoms with E-state index in [1.165, 1.54) is 10.5 Å². The van der Waals surface area contributed by atoms with E-state index in [4.69, 9.17) is 10.3 Å². The molecular weight excluding hydrogens is 232 g/mol. The monoisotopic (exact) mass is 248 g/mol. The van der Waals surface area contributed by atoms with Crippen molar-refractivity contribution in [1.82, 2.24) is 5.43 Å². The molecule has 0 fully saturated rings. The summed E-state index contributed by atoms with van der Waals surface area (Å²) in [6.07, 6.45) is 1.66. The smallest absolute Gasteiger partial charge is 0.122 e. The largest absolute Gasteiger partial charge is 0.468 e. The van der Waals surface area contributed by atoms with Gasteiger partial charge in [0.2, 0.25) is 0 Å². The van der Waals surface area contributed by atoms with Crippen molar-refractivity contribution in [2.75, 3.05) is 5.75 Å². The van der Waals surface area contributed by atoms with E-state index in [0.29, 0.717) is 0 Å². The first-order chi connectivity index (χ1) is 8.29. The Morgan fingerprint density at radius 2 is 2.24 bits per heavy atom. The fraction of sp³-hybridized carbons (Fsp3) is 0.231. The van der Waals surface area contributed by atoms with Gasteiger partial charge in [0, 0.05) is 10.6 Å². The van der Waals surface area contributed by atoms with Crippen molar-refractivity contribution in [3.63, 3.8) is 0 Å². The first-order valence-electron chi connectivity index (χ1n) is 5.48. The molecule has 0 saturated heterocycles. The summed E-state index contributed by atoms with van der Waals surface area (Å²) in [7, 11) is 0. The lowest BCUT2D eigenvalue weighted by Crippen LogP contribution is -2.29. The normalized spacial score (nSPS) is 12.6. The molecule has 1 unspecified atom stereocenters. The van der Waals surface area contributed by atoms with Crippen LogP contribution in [0.25, 0.3) is 0 Å². The van der Waals surface area contributed by atoms with E-state index in [2.05, 4.69) is 36.6 Å². The summed E-state index contributed by atoms with van der Waals surface area (Å²) in [5, 5.41) is 0. The minimum absolute atomic E-state index is 0.0375. The summed E-state index contributed by atoms with van der Waals surface area (Å²) >= 11 is 1.76. The van der Waals surface area contributed by atoms with Crippen molar-refractivity contribution >= 4 is 11.8 Å². The van der Waals surface area contributed by atoms with Gasteiger partial charge in [0.05, 0.1) is 12.3 Å². The van der Waals surface area contributed by atoms with Gasteiger partial charge < -0.3 is 4.42 Å². The van der Waals surface area contributed by atoms with Crippen molar-refractivity contribution in [3.8, 4) is 0 Å². The Morgan fingerprint density at radius 1 is 1.35 bits per heavy atom. The molecule has 0 aliphatic heterocycles. The van der Waals surface area contributed by atoms with Crippen LogP contribution in [0.2, 0.25) is 0 Å². The molecule has 1 atom stereocenters. The second kappa shape index (κ2) is 5.91. The molecule has 17 heavy (non-hydrogen) atoms. The molecule has 0 amide bonds. The molecule has 0 saturated carbocycles. The van der Waals surface area contributed by atoms with Crippen molar-refractivity contribution in [3.05, 3.63) is 54.0 Å². The number of furan rings is 1. The summed E-state index contributed by atoms with van der Waals surface area (Å²) < 4.78 is 5.34. The first kappa shape index (κ1) is 12.2. The molecule has 0 aliphatic rings. The van der Waals surface area contributed by atoms with Crippen LogP contribution >= 0.6 is 11.8 Å². The molecule has 1 aromatic carbocycles. The van der Waals surface area contributed by atoms with E-state index in [1.54, 1.807) is 18.0 Å². The molecule has 2 rings (SSSR count). The number of nitrogens with one attached hydrogen (secondary N) is 1. The summed E-state index contributed by atoms with van der Waals surface area (Å²) in [6, 6.07) is 12.3. The summed E-state index contributed by atoms with van der Waals surface area (Å²) in [5.41, 5.74) is 4.04. The van der Waals surface area contributed by atoms with Crippen LogP contribution in [0.4, 0.5) is 0 Å². The number of hydrazine groups is 1. The van der Waals surface area contributed by atoms with Gasteiger partial charge in [-0.3, -0.25) is 5.84 Å². The van der Waals surface area contributed by atoms with E-state index in [0.717, 1.165) is 11.5 Å². The average Bonchev–Trinajstić information content (AvgIpc) is 2.84. The third kappa shape index (κ3) is 3.36. The molecule has 0 radical (unpaired) electrons. The molecule has 1 heterocycles. The lowest BCUT2D eigenvalue weighted by Gasteiger charge is -2.12. The van der Waals surface area contributed by atoms with Gasteiger partial charge in [-0.15, -0.1) is 11.8 Å². The van der Waals surface area contributed by atoms with Crippen molar-refractivity contribution in [2.45, 2.75) is 17.9 Å². The predicted molar refractivity (Wildman–Crippen MR) is 70.7 cm³/mol. The van der Waals surface area contributed by atoms with E-state index in [1.807, 2.05) is 12.1 Å². The maximum Gasteiger partial charge on any atom is 0.122 e. The highest BCUT2D eigenvalue weighted by molar-refractivity contribution is 7.99. The number of thioether (sulfide) groups is 1. The lowest BCUT2D eigenvalue weighted by molar-refractivity contribution is 0.440. The highest BCUT2D eigenvalue weighted by atomic mass is 32.2. The Morgan fingerprint density at radius 3 is 2.88 bits per heavy atom. The maximum absolute atomic E-state index is 5.53. The minimum Gasteiger partial charge on any atom is -0.468 e. The zero-order valence-electron chi connectivity index (χ0n) is 9.72. The SMILES string of the molecule is Cc1cccc(SCC(NN)c2ccco2)c1. The third-order valence-corrected chi connectivity index (χ3v) is 3.58. The molecule has 1 aromatic heterocycles. The fourth-order valence-electron chi connectivity index (χ4n) is 1.59. The van der Waals surface area contributed by atoms with Crippen LogP contribution in [0.15, 0.2) is 52.0 Å². The molecular formula is C13H16N2OS. The summed E-state index contributed by atoms with van der Waals surface area (Å²) in [6.45, 7) is 2.09. The number of benzene rings is 1. The average molecular weight is 248 g/mol. The van der Waals surface area contributed by atoms with Crippen LogP contribution in [-0.4, -0.2) is 5.75 Å². The predicted octanol–water partition coefficient (Wildman–Crippen LogP) is 2.88. The number of nitrogens with two attached hydrogens (primary N) is 1. The van der Waals surface area contributed by atoms with Gasteiger partial charge in [0.15, 0.2) is 0 Å². The first-order valence-corrected chi connectivity index (χ1v) is 6.47. The number of hydrogen-bond acceptors (Lipinski definition) is 4. The van der Waals surface area contributed by atoms with Crippen LogP contribution < -0.4 is 11.3 Å². The van der Waals surface area contributed by atoms with Crippen LogP contribution in [0, 0.1) is 6.92 Å². The van der Waals surface area contributed by atoms with Gasteiger partial charge in [-0.25, -0.2) is 5.43 Å². The quantitative estimate of drug-likeness (QED) is 0.485. The molecule has 2 aromatic rings. The highest BCUT2D eigenvalue weighted by Gasteiger charge is 2.12. The molecule has 0 bridgehead atoms. The lowest BCUT2D eigenvalue weighted by atomic mass is 10.2. The van der Waals surface area contributed by atoms with Crippen LogP contribution in [0.3, 0.4) is 0 Å². The second-order valence-electron chi connectivity index (χ2n) is 3.86. The third-order valence-electron chi connectivity index (χ3n) is 2.49. The molecule has 0 spiro atoms. The van der Waals surface area contributed by atoms with E-state index >= 15 is 0 Å². The van der Waals surface area contributed by atoms with E-state index in [9.17, 15) is 0 Å². The molecule has 3 nitrogen and oxygen atoms in total. The van der Waals surface area contributed by atoms with Crippen molar-refractivity contribution in [1.29, 1.82) is 0 Å². The molecule has 90 valence electrons. The van der Waals surface area contributed by atoms with Gasteiger partial charge in [0.1, 0.15) is 5.76 Å². The van der Waals surface area contributed by atoms with Crippen LogP contribution in [0.5, 0.6) is 0 Å². The fourth-order valence-corrected chi connectivity index (χ4v) is 2.65. The van der Waals surface area contributed by atoms with Gasteiger partial charge in [-0.05, 0) is 31.2 Å². The second-order valence-corrected chi connectivity index (χ2v) is 4.96. The molecule has 0 aliphatic carbocycles. The van der Waals surface area contributed by atoms with E-state index in [-0.39, 0.29) is 6.04 Å². The van der Waals surface area contributed by atoms with Crippen molar-refractivity contribution < 1.29 is 4.42 Å². The Bertz CT molecular complexity index is 456. The van der Waals surface area contributed by atoms with Crippen LogP contribution in [-0.2, 0) is 0 Å². The Kier molecular flexibility index (Phi) is 4.25. The zero-order valence-corrected chi connectivity index (χ0v) is 10.5. The molecule has 3 N–H and O–H groups in total. The number of aryl methyl sites for hydroxylation is 1. The van der Waals surface area contributed by atoms with Crippen molar-refractivity contribution in [2.24, 2.45) is 5.84 Å². The Balaban J connectivity index is 1.97. The number of hydrogen-bond donors (Lipinski definition) is 2. The minimum atomic E-state index is 0.0375. The Hall–Kier alpha value is -1.23. The Labute approximate surface area is 105 Å². The van der Waals surface area contributed by atoms with Gasteiger partial charge in [-0.2, -0.15) is 0 Å². The van der Waals surface area contributed by atoms with Gasteiger partial charge >= 0.3 is 0 Å². The van der Waals surface area contributed by atoms with Gasteiger partial charge in [-0.1, -0.05) is 17.7 Å². The van der Waals surface area contributed by atoms with Gasteiger partial charge in [0.25, 0.3) is 0 Å². The summed E-state index contributed by atoms with van der Waals surface area (Å²) in [5.74, 6) is 7.24. The maximum atomic E-state index is 5.53. The highest BCUT2D eigenvalue weighted by Crippen LogP contribution is 2.25. The number of rotatable bonds is 5. The zero-order chi connectivity index (χ0) is 12.1. The van der Waals surface area contributed by atoms with Crippen LogP contribution in [0.1, 0.15) is 17.4 Å². The topological polar surface area (TPSA) is 51.2 Å².